The summed E-state index contributed by atoms with van der Waals surface area (Å²) in [6.45, 7) is 3.59. The average molecular weight is 251 g/mol. The van der Waals surface area contributed by atoms with Crippen LogP contribution in [0, 0.1) is 0 Å². The zero-order valence-electron chi connectivity index (χ0n) is 10.6. The Balaban J connectivity index is 2.72. The highest BCUT2D eigenvalue weighted by atomic mass is 16.6. The Hall–Kier alpha value is -1.91. The predicted molar refractivity (Wildman–Crippen MR) is 64.6 cm³/mol. The molecule has 1 rings (SSSR count). The molecule has 1 atom stereocenters. The molecule has 18 heavy (non-hydrogen) atoms. The molecule has 1 aromatic heterocycles. The van der Waals surface area contributed by atoms with Gasteiger partial charge in [-0.25, -0.2) is 4.79 Å². The van der Waals surface area contributed by atoms with Gasteiger partial charge in [0.1, 0.15) is 0 Å². The normalized spacial score (nSPS) is 11.7. The number of carbonyl (C=O) groups excluding carboxylic acids is 2. The van der Waals surface area contributed by atoms with Crippen molar-refractivity contribution >= 4 is 11.9 Å². The Labute approximate surface area is 106 Å². The van der Waals surface area contributed by atoms with Gasteiger partial charge in [0.2, 0.25) is 6.10 Å². The lowest BCUT2D eigenvalue weighted by Gasteiger charge is -2.15. The zero-order chi connectivity index (χ0) is 13.4. The summed E-state index contributed by atoms with van der Waals surface area (Å²) in [6, 6.07) is 3.24. The highest BCUT2D eigenvalue weighted by Gasteiger charge is 2.25. The van der Waals surface area contributed by atoms with E-state index >= 15 is 0 Å². The molecule has 0 fully saturated rings. The van der Waals surface area contributed by atoms with E-state index in [1.54, 1.807) is 12.1 Å². The molecule has 5 nitrogen and oxygen atoms in total. The molecule has 1 heterocycles. The van der Waals surface area contributed by atoms with Crippen LogP contribution in [0.25, 0.3) is 0 Å². The fraction of sp³-hybridized carbons (Fsp3) is 0.462. The molecular weight excluding hydrogens is 234 g/mol. The number of pyridine rings is 1. The van der Waals surface area contributed by atoms with Gasteiger partial charge in [0, 0.05) is 24.9 Å². The van der Waals surface area contributed by atoms with E-state index in [-0.39, 0.29) is 0 Å². The maximum Gasteiger partial charge on any atom is 0.352 e. The molecule has 0 aliphatic heterocycles. The second kappa shape index (κ2) is 7.42. The zero-order valence-corrected chi connectivity index (χ0v) is 10.6. The molecule has 0 aliphatic carbocycles. The third kappa shape index (κ3) is 4.53. The fourth-order valence-electron chi connectivity index (χ4n) is 1.35. The standard InChI is InChI=1S/C13H17NO4/c1-3-4-9-17-13(16)12(18-10(2)15)11-5-7-14-8-6-11/h5-8,12H,3-4,9H2,1-2H3. The van der Waals surface area contributed by atoms with Gasteiger partial charge in [0.05, 0.1) is 6.61 Å². The van der Waals surface area contributed by atoms with Gasteiger partial charge in [-0.15, -0.1) is 0 Å². The summed E-state index contributed by atoms with van der Waals surface area (Å²) < 4.78 is 10.1. The first-order valence-corrected chi connectivity index (χ1v) is 5.89. The summed E-state index contributed by atoms with van der Waals surface area (Å²) in [5, 5.41) is 0. The van der Waals surface area contributed by atoms with Gasteiger partial charge < -0.3 is 9.47 Å². The monoisotopic (exact) mass is 251 g/mol. The molecular formula is C13H17NO4. The van der Waals surface area contributed by atoms with Crippen LogP contribution in [0.4, 0.5) is 0 Å². The molecule has 0 saturated carbocycles. The summed E-state index contributed by atoms with van der Waals surface area (Å²) in [6.07, 6.45) is 3.77. The molecule has 0 saturated heterocycles. The van der Waals surface area contributed by atoms with Crippen molar-refractivity contribution in [1.29, 1.82) is 0 Å². The molecule has 0 aliphatic rings. The van der Waals surface area contributed by atoms with E-state index in [9.17, 15) is 9.59 Å². The van der Waals surface area contributed by atoms with Crippen LogP contribution in [0.1, 0.15) is 38.4 Å². The van der Waals surface area contributed by atoms with Crippen molar-refractivity contribution in [2.24, 2.45) is 0 Å². The van der Waals surface area contributed by atoms with E-state index in [2.05, 4.69) is 4.98 Å². The van der Waals surface area contributed by atoms with Gasteiger partial charge in [-0.2, -0.15) is 0 Å². The Morgan fingerprint density at radius 1 is 1.33 bits per heavy atom. The minimum absolute atomic E-state index is 0.332. The lowest BCUT2D eigenvalue weighted by atomic mass is 10.1. The quantitative estimate of drug-likeness (QED) is 0.571. The molecule has 1 aromatic rings. The van der Waals surface area contributed by atoms with Gasteiger partial charge in [0.15, 0.2) is 0 Å². The number of esters is 2. The second-order valence-corrected chi connectivity index (χ2v) is 3.79. The van der Waals surface area contributed by atoms with Crippen molar-refractivity contribution in [3.8, 4) is 0 Å². The first-order chi connectivity index (χ1) is 8.65. The Kier molecular flexibility index (Phi) is 5.84. The van der Waals surface area contributed by atoms with Crippen molar-refractivity contribution in [2.45, 2.75) is 32.8 Å². The summed E-state index contributed by atoms with van der Waals surface area (Å²) >= 11 is 0. The van der Waals surface area contributed by atoms with Crippen molar-refractivity contribution < 1.29 is 19.1 Å². The second-order valence-electron chi connectivity index (χ2n) is 3.79. The minimum Gasteiger partial charge on any atom is -0.463 e. The topological polar surface area (TPSA) is 65.5 Å². The highest BCUT2D eigenvalue weighted by molar-refractivity contribution is 5.80. The summed E-state index contributed by atoms with van der Waals surface area (Å²) in [7, 11) is 0. The van der Waals surface area contributed by atoms with Crippen LogP contribution < -0.4 is 0 Å². The van der Waals surface area contributed by atoms with Gasteiger partial charge >= 0.3 is 11.9 Å². The number of unbranched alkanes of at least 4 members (excludes halogenated alkanes) is 1. The minimum atomic E-state index is -1.01. The first kappa shape index (κ1) is 14.2. The van der Waals surface area contributed by atoms with E-state index in [0.717, 1.165) is 12.8 Å². The van der Waals surface area contributed by atoms with Crippen LogP contribution in [0.2, 0.25) is 0 Å². The van der Waals surface area contributed by atoms with Crippen LogP contribution in [-0.4, -0.2) is 23.5 Å². The van der Waals surface area contributed by atoms with E-state index in [4.69, 9.17) is 9.47 Å². The summed E-state index contributed by atoms with van der Waals surface area (Å²) in [5.41, 5.74) is 0.557. The Morgan fingerprint density at radius 3 is 2.56 bits per heavy atom. The Bertz CT molecular complexity index is 391. The summed E-state index contributed by atoms with van der Waals surface area (Å²) in [4.78, 5) is 26.7. The number of carbonyl (C=O) groups is 2. The molecule has 0 amide bonds. The maximum atomic E-state index is 11.8. The summed E-state index contributed by atoms with van der Waals surface area (Å²) in [5.74, 6) is -1.07. The predicted octanol–water partition coefficient (Wildman–Crippen LogP) is 2.03. The first-order valence-electron chi connectivity index (χ1n) is 5.89. The number of rotatable bonds is 6. The number of nitrogens with zero attached hydrogens (tertiary/aromatic N) is 1. The van der Waals surface area contributed by atoms with E-state index < -0.39 is 18.0 Å². The van der Waals surface area contributed by atoms with Crippen LogP contribution in [0.3, 0.4) is 0 Å². The van der Waals surface area contributed by atoms with E-state index in [1.807, 2.05) is 6.92 Å². The third-order valence-electron chi connectivity index (χ3n) is 2.25. The van der Waals surface area contributed by atoms with E-state index in [1.165, 1.54) is 19.3 Å². The van der Waals surface area contributed by atoms with Gasteiger partial charge in [0.25, 0.3) is 0 Å². The van der Waals surface area contributed by atoms with Crippen LogP contribution in [-0.2, 0) is 19.1 Å². The van der Waals surface area contributed by atoms with Crippen LogP contribution in [0.5, 0.6) is 0 Å². The number of aromatic nitrogens is 1. The number of ether oxygens (including phenoxy) is 2. The SMILES string of the molecule is CCCCOC(=O)C(OC(C)=O)c1ccncc1. The van der Waals surface area contributed by atoms with Gasteiger partial charge in [-0.3, -0.25) is 9.78 Å². The van der Waals surface area contributed by atoms with Crippen LogP contribution in [0.15, 0.2) is 24.5 Å². The van der Waals surface area contributed by atoms with Crippen molar-refractivity contribution in [2.75, 3.05) is 6.61 Å². The smallest absolute Gasteiger partial charge is 0.352 e. The Morgan fingerprint density at radius 2 is 2.00 bits per heavy atom. The van der Waals surface area contributed by atoms with Crippen molar-refractivity contribution in [1.82, 2.24) is 4.98 Å². The average Bonchev–Trinajstić information content (AvgIpc) is 2.37. The maximum absolute atomic E-state index is 11.8. The molecule has 0 radical (unpaired) electrons. The molecule has 0 N–H and O–H groups in total. The molecule has 0 aromatic carbocycles. The van der Waals surface area contributed by atoms with Crippen LogP contribution >= 0.6 is 0 Å². The molecule has 0 spiro atoms. The molecule has 0 bridgehead atoms. The van der Waals surface area contributed by atoms with Gasteiger partial charge in [-0.05, 0) is 18.6 Å². The largest absolute Gasteiger partial charge is 0.463 e. The lowest BCUT2D eigenvalue weighted by Crippen LogP contribution is -2.21. The molecule has 98 valence electrons. The third-order valence-corrected chi connectivity index (χ3v) is 2.25. The highest BCUT2D eigenvalue weighted by Crippen LogP contribution is 2.18. The molecule has 5 heteroatoms. The lowest BCUT2D eigenvalue weighted by molar-refractivity contribution is -0.167. The van der Waals surface area contributed by atoms with E-state index in [0.29, 0.717) is 12.2 Å². The van der Waals surface area contributed by atoms with Crippen molar-refractivity contribution in [3.63, 3.8) is 0 Å². The number of hydrogen-bond acceptors (Lipinski definition) is 5. The number of hydrogen-bond donors (Lipinski definition) is 0. The van der Waals surface area contributed by atoms with Gasteiger partial charge in [-0.1, -0.05) is 13.3 Å². The van der Waals surface area contributed by atoms with Crippen molar-refractivity contribution in [3.05, 3.63) is 30.1 Å². The molecule has 1 unspecified atom stereocenters. The fourth-order valence-corrected chi connectivity index (χ4v) is 1.35.